The second-order valence-corrected chi connectivity index (χ2v) is 4.47. The van der Waals surface area contributed by atoms with E-state index in [0.29, 0.717) is 11.6 Å². The molecule has 0 bridgehead atoms. The minimum Gasteiger partial charge on any atom is -0.465 e. The highest BCUT2D eigenvalue weighted by molar-refractivity contribution is 5.89. The molecule has 0 aliphatic carbocycles. The van der Waals surface area contributed by atoms with Crippen LogP contribution >= 0.6 is 12.4 Å². The van der Waals surface area contributed by atoms with Crippen molar-refractivity contribution in [1.29, 1.82) is 0 Å². The van der Waals surface area contributed by atoms with Crippen molar-refractivity contribution in [2.75, 3.05) is 20.2 Å². The monoisotopic (exact) mass is 270 g/mol. The molecule has 1 aromatic rings. The van der Waals surface area contributed by atoms with Gasteiger partial charge in [-0.2, -0.15) is 0 Å². The molecule has 1 saturated heterocycles. The van der Waals surface area contributed by atoms with Crippen LogP contribution in [0.5, 0.6) is 0 Å². The molecule has 1 aromatic carbocycles. The van der Waals surface area contributed by atoms with Crippen LogP contribution in [0.15, 0.2) is 24.3 Å². The number of esters is 1. The van der Waals surface area contributed by atoms with Crippen molar-refractivity contribution in [2.45, 2.75) is 19.0 Å². The first-order valence-electron chi connectivity index (χ1n) is 5.84. The predicted octanol–water partition coefficient (Wildman–Crippen LogP) is 1.43. The Balaban J connectivity index is 0.00000162. The largest absolute Gasteiger partial charge is 0.465 e. The van der Waals surface area contributed by atoms with Crippen LogP contribution in [0.2, 0.25) is 0 Å². The molecule has 0 amide bonds. The van der Waals surface area contributed by atoms with Gasteiger partial charge in [0.1, 0.15) is 0 Å². The molecule has 18 heavy (non-hydrogen) atoms. The van der Waals surface area contributed by atoms with Crippen molar-refractivity contribution < 1.29 is 9.53 Å². The summed E-state index contributed by atoms with van der Waals surface area (Å²) in [5.41, 5.74) is 7.65. The fourth-order valence-corrected chi connectivity index (χ4v) is 2.13. The lowest BCUT2D eigenvalue weighted by Crippen LogP contribution is -2.26. The van der Waals surface area contributed by atoms with Gasteiger partial charge in [0.05, 0.1) is 12.7 Å². The molecule has 100 valence electrons. The van der Waals surface area contributed by atoms with Crippen LogP contribution in [-0.2, 0) is 11.3 Å². The summed E-state index contributed by atoms with van der Waals surface area (Å²) in [6, 6.07) is 7.85. The van der Waals surface area contributed by atoms with Gasteiger partial charge >= 0.3 is 5.97 Å². The van der Waals surface area contributed by atoms with E-state index in [0.717, 1.165) is 26.1 Å². The SMILES string of the molecule is COC(=O)c1ccc(CN2CC[C@H](N)C2)cc1.Cl. The predicted molar refractivity (Wildman–Crippen MR) is 72.9 cm³/mol. The standard InChI is InChI=1S/C13H18N2O2.ClH/c1-17-13(16)11-4-2-10(3-5-11)8-15-7-6-12(14)9-15;/h2-5,12H,6-9,14H2,1H3;1H/t12-;/m0./s1. The maximum atomic E-state index is 11.3. The number of benzene rings is 1. The van der Waals surface area contributed by atoms with Gasteiger partial charge in [0.2, 0.25) is 0 Å². The van der Waals surface area contributed by atoms with Crippen molar-refractivity contribution in [3.8, 4) is 0 Å². The van der Waals surface area contributed by atoms with Crippen LogP contribution in [0.4, 0.5) is 0 Å². The maximum absolute atomic E-state index is 11.3. The number of methoxy groups -OCH3 is 1. The zero-order chi connectivity index (χ0) is 12.3. The minimum atomic E-state index is -0.292. The number of halogens is 1. The maximum Gasteiger partial charge on any atom is 0.337 e. The van der Waals surface area contributed by atoms with Gasteiger partial charge in [-0.15, -0.1) is 12.4 Å². The fourth-order valence-electron chi connectivity index (χ4n) is 2.13. The third kappa shape index (κ3) is 3.70. The van der Waals surface area contributed by atoms with Gasteiger partial charge in [-0.3, -0.25) is 4.90 Å². The number of rotatable bonds is 3. The fraction of sp³-hybridized carbons (Fsp3) is 0.462. The van der Waals surface area contributed by atoms with E-state index in [9.17, 15) is 4.79 Å². The first-order chi connectivity index (χ1) is 8.19. The Morgan fingerprint density at radius 2 is 2.11 bits per heavy atom. The lowest BCUT2D eigenvalue weighted by molar-refractivity contribution is 0.0600. The van der Waals surface area contributed by atoms with Gasteiger partial charge in [0, 0.05) is 25.7 Å². The zero-order valence-electron chi connectivity index (χ0n) is 10.5. The third-order valence-electron chi connectivity index (χ3n) is 3.09. The Kier molecular flexibility index (Phi) is 5.59. The number of hydrogen-bond donors (Lipinski definition) is 1. The van der Waals surface area contributed by atoms with Crippen LogP contribution < -0.4 is 5.73 Å². The van der Waals surface area contributed by atoms with E-state index < -0.39 is 0 Å². The highest BCUT2D eigenvalue weighted by Gasteiger charge is 2.18. The quantitative estimate of drug-likeness (QED) is 0.845. The topological polar surface area (TPSA) is 55.6 Å². The number of nitrogens with two attached hydrogens (primary N) is 1. The summed E-state index contributed by atoms with van der Waals surface area (Å²) < 4.78 is 4.66. The molecule has 1 aliphatic heterocycles. The van der Waals surface area contributed by atoms with Crippen molar-refractivity contribution in [3.05, 3.63) is 35.4 Å². The summed E-state index contributed by atoms with van der Waals surface area (Å²) in [5.74, 6) is -0.292. The number of nitrogens with zero attached hydrogens (tertiary/aromatic N) is 1. The summed E-state index contributed by atoms with van der Waals surface area (Å²) in [7, 11) is 1.39. The highest BCUT2D eigenvalue weighted by Crippen LogP contribution is 2.13. The van der Waals surface area contributed by atoms with E-state index in [1.807, 2.05) is 12.1 Å². The second kappa shape index (κ2) is 6.73. The molecule has 5 heteroatoms. The number of likely N-dealkylation sites (tertiary alicyclic amines) is 1. The molecule has 0 spiro atoms. The molecule has 1 atom stereocenters. The van der Waals surface area contributed by atoms with E-state index in [1.54, 1.807) is 12.1 Å². The summed E-state index contributed by atoms with van der Waals surface area (Å²) in [4.78, 5) is 13.6. The highest BCUT2D eigenvalue weighted by atomic mass is 35.5. The number of carbonyl (C=O) groups is 1. The third-order valence-corrected chi connectivity index (χ3v) is 3.09. The Hall–Kier alpha value is -1.10. The van der Waals surface area contributed by atoms with Crippen molar-refractivity contribution in [2.24, 2.45) is 5.73 Å². The van der Waals surface area contributed by atoms with Crippen molar-refractivity contribution >= 4 is 18.4 Å². The van der Waals surface area contributed by atoms with Gasteiger partial charge in [0.15, 0.2) is 0 Å². The minimum absolute atomic E-state index is 0. The molecular formula is C13H19ClN2O2. The van der Waals surface area contributed by atoms with Gasteiger partial charge in [-0.05, 0) is 24.1 Å². The van der Waals surface area contributed by atoms with Crippen LogP contribution in [0.3, 0.4) is 0 Å². The summed E-state index contributed by atoms with van der Waals surface area (Å²) in [5, 5.41) is 0. The van der Waals surface area contributed by atoms with Crippen molar-refractivity contribution in [3.63, 3.8) is 0 Å². The molecule has 1 aliphatic rings. The average molecular weight is 271 g/mol. The summed E-state index contributed by atoms with van der Waals surface area (Å²) >= 11 is 0. The van der Waals surface area contributed by atoms with Crippen molar-refractivity contribution in [1.82, 2.24) is 4.90 Å². The number of hydrogen-bond acceptors (Lipinski definition) is 4. The zero-order valence-corrected chi connectivity index (χ0v) is 11.3. The van der Waals surface area contributed by atoms with Gasteiger partial charge in [-0.25, -0.2) is 4.79 Å². The Morgan fingerprint density at radius 3 is 2.61 bits per heavy atom. The molecule has 0 radical (unpaired) electrons. The lowest BCUT2D eigenvalue weighted by Gasteiger charge is -2.15. The molecule has 2 rings (SSSR count). The van der Waals surface area contributed by atoms with Crippen LogP contribution in [0.1, 0.15) is 22.3 Å². The van der Waals surface area contributed by atoms with E-state index in [4.69, 9.17) is 5.73 Å². The van der Waals surface area contributed by atoms with Crippen LogP contribution in [0, 0.1) is 0 Å². The molecule has 2 N–H and O–H groups in total. The molecular weight excluding hydrogens is 252 g/mol. The molecule has 0 saturated carbocycles. The summed E-state index contributed by atoms with van der Waals surface area (Å²) in [6.45, 7) is 2.91. The first-order valence-corrected chi connectivity index (χ1v) is 5.84. The normalized spacial score (nSPS) is 19.3. The second-order valence-electron chi connectivity index (χ2n) is 4.47. The Morgan fingerprint density at radius 1 is 1.44 bits per heavy atom. The Bertz CT molecular complexity index is 394. The Labute approximate surface area is 114 Å². The van der Waals surface area contributed by atoms with E-state index >= 15 is 0 Å². The van der Waals surface area contributed by atoms with Gasteiger partial charge in [0.25, 0.3) is 0 Å². The van der Waals surface area contributed by atoms with Crippen LogP contribution in [0.25, 0.3) is 0 Å². The molecule has 1 fully saturated rings. The summed E-state index contributed by atoms with van der Waals surface area (Å²) in [6.07, 6.45) is 1.07. The lowest BCUT2D eigenvalue weighted by atomic mass is 10.1. The van der Waals surface area contributed by atoms with Gasteiger partial charge < -0.3 is 10.5 Å². The molecule has 0 unspecified atom stereocenters. The molecule has 1 heterocycles. The molecule has 4 nitrogen and oxygen atoms in total. The van der Waals surface area contributed by atoms with E-state index in [2.05, 4.69) is 9.64 Å². The number of ether oxygens (including phenoxy) is 1. The van der Waals surface area contributed by atoms with Gasteiger partial charge in [-0.1, -0.05) is 12.1 Å². The average Bonchev–Trinajstić information content (AvgIpc) is 2.75. The first kappa shape index (κ1) is 15.0. The van der Waals surface area contributed by atoms with Crippen LogP contribution in [-0.4, -0.2) is 37.1 Å². The number of carbonyl (C=O) groups excluding carboxylic acids is 1. The van der Waals surface area contributed by atoms with E-state index in [1.165, 1.54) is 12.7 Å². The molecule has 0 aromatic heterocycles. The smallest absolute Gasteiger partial charge is 0.337 e. The van der Waals surface area contributed by atoms with E-state index in [-0.39, 0.29) is 18.4 Å².